The molecular weight excluding hydrogens is 627 g/mol. The minimum Gasteiger partial charge on any atom is -0.493 e. The van der Waals surface area contributed by atoms with Crippen LogP contribution in [-0.4, -0.2) is 31.0 Å². The second-order valence-electron chi connectivity index (χ2n) is 9.85. The summed E-state index contributed by atoms with van der Waals surface area (Å²) >= 11 is 13.5. The van der Waals surface area contributed by atoms with Crippen molar-refractivity contribution < 1.29 is 28.5 Å². The molecule has 44 heavy (non-hydrogen) atoms. The van der Waals surface area contributed by atoms with Crippen molar-refractivity contribution in [3.8, 4) is 23.0 Å². The van der Waals surface area contributed by atoms with E-state index in [9.17, 15) is 9.59 Å². The minimum absolute atomic E-state index is 0.101. The monoisotopic (exact) mass is 652 g/mol. The number of fused-ring (bicyclic) bond motifs is 2. The van der Waals surface area contributed by atoms with E-state index in [1.165, 1.54) is 15.9 Å². The van der Waals surface area contributed by atoms with Crippen molar-refractivity contribution >= 4 is 46.6 Å². The Kier molecular flexibility index (Phi) is 8.40. The first-order chi connectivity index (χ1) is 21.3. The van der Waals surface area contributed by atoms with Crippen LogP contribution in [0.1, 0.15) is 36.6 Å². The zero-order chi connectivity index (χ0) is 31.0. The number of halogens is 2. The van der Waals surface area contributed by atoms with Gasteiger partial charge in [0.05, 0.1) is 35.6 Å². The highest BCUT2D eigenvalue weighted by Gasteiger charge is 2.34. The van der Waals surface area contributed by atoms with Gasteiger partial charge in [0.1, 0.15) is 6.61 Å². The highest BCUT2D eigenvalue weighted by Crippen LogP contribution is 2.38. The molecule has 9 nitrogen and oxygen atoms in total. The third-order valence-electron chi connectivity index (χ3n) is 7.11. The maximum absolute atomic E-state index is 14.0. The van der Waals surface area contributed by atoms with Crippen molar-refractivity contribution in [2.24, 2.45) is 4.99 Å². The molecule has 1 aromatic heterocycles. The zero-order valence-corrected chi connectivity index (χ0v) is 26.2. The predicted octanol–water partition coefficient (Wildman–Crippen LogP) is 5.42. The first-order valence-corrected chi connectivity index (χ1v) is 15.2. The van der Waals surface area contributed by atoms with E-state index < -0.39 is 12.0 Å². The molecule has 0 saturated heterocycles. The lowest BCUT2D eigenvalue weighted by Gasteiger charge is -2.24. The smallest absolute Gasteiger partial charge is 0.338 e. The molecule has 4 aromatic rings. The zero-order valence-electron chi connectivity index (χ0n) is 23.9. The van der Waals surface area contributed by atoms with Gasteiger partial charge in [0.25, 0.3) is 5.56 Å². The van der Waals surface area contributed by atoms with E-state index in [1.54, 1.807) is 69.5 Å². The van der Waals surface area contributed by atoms with Gasteiger partial charge in [0.2, 0.25) is 6.79 Å². The molecule has 2 aliphatic heterocycles. The lowest BCUT2D eigenvalue weighted by molar-refractivity contribution is -0.139. The Labute approximate surface area is 266 Å². The van der Waals surface area contributed by atoms with Gasteiger partial charge >= 0.3 is 5.97 Å². The molecule has 0 aliphatic carbocycles. The standard InChI is InChI=1S/C32H26Cl2N2O7S/c1-4-40-31(38)28-17(2)35-32-36(29(28)19-7-10-24-26(13-19)43-16-42-24)30(37)27(44-32)12-18-5-9-23(25(11-18)39-3)41-15-20-6-8-21(33)14-22(20)34/h5-14,29H,4,15-16H2,1-3H3. The van der Waals surface area contributed by atoms with E-state index in [-0.39, 0.29) is 31.1 Å². The molecule has 0 fully saturated rings. The normalized spacial score (nSPS) is 15.6. The molecule has 226 valence electrons. The van der Waals surface area contributed by atoms with Gasteiger partial charge < -0.3 is 23.7 Å². The largest absolute Gasteiger partial charge is 0.493 e. The quantitative estimate of drug-likeness (QED) is 0.234. The third-order valence-corrected chi connectivity index (χ3v) is 8.68. The number of thiazole rings is 1. The lowest BCUT2D eigenvalue weighted by atomic mass is 9.95. The second kappa shape index (κ2) is 12.4. The molecule has 6 rings (SSSR count). The second-order valence-corrected chi connectivity index (χ2v) is 11.7. The van der Waals surface area contributed by atoms with Crippen LogP contribution in [0.5, 0.6) is 23.0 Å². The number of ether oxygens (including phenoxy) is 5. The van der Waals surface area contributed by atoms with Crippen LogP contribution in [0, 0.1) is 0 Å². The van der Waals surface area contributed by atoms with Crippen LogP contribution in [0.3, 0.4) is 0 Å². The number of carbonyl (C=O) groups is 1. The van der Waals surface area contributed by atoms with Crippen LogP contribution < -0.4 is 33.8 Å². The summed E-state index contributed by atoms with van der Waals surface area (Å²) in [6.07, 6.45) is 1.76. The molecule has 3 heterocycles. The number of methoxy groups -OCH3 is 1. The maximum Gasteiger partial charge on any atom is 0.338 e. The summed E-state index contributed by atoms with van der Waals surface area (Å²) in [7, 11) is 1.54. The number of benzene rings is 3. The Bertz CT molecular complexity index is 2000. The van der Waals surface area contributed by atoms with Gasteiger partial charge in [0.15, 0.2) is 27.8 Å². The van der Waals surface area contributed by atoms with Crippen LogP contribution in [-0.2, 0) is 16.1 Å². The van der Waals surface area contributed by atoms with E-state index in [4.69, 9.17) is 46.9 Å². The number of hydrogen-bond donors (Lipinski definition) is 0. The third kappa shape index (κ3) is 5.68. The molecule has 0 saturated carbocycles. The number of allylic oxidation sites excluding steroid dienone is 1. The number of aromatic nitrogens is 1. The van der Waals surface area contributed by atoms with E-state index >= 15 is 0 Å². The number of rotatable bonds is 8. The summed E-state index contributed by atoms with van der Waals surface area (Å²) < 4.78 is 29.9. The van der Waals surface area contributed by atoms with Crippen molar-refractivity contribution in [1.82, 2.24) is 4.57 Å². The highest BCUT2D eigenvalue weighted by molar-refractivity contribution is 7.07. The Balaban J connectivity index is 1.38. The molecule has 0 bridgehead atoms. The Hall–Kier alpha value is -4.25. The number of hydrogen-bond acceptors (Lipinski definition) is 9. The number of carbonyl (C=O) groups excluding carboxylic acids is 1. The van der Waals surface area contributed by atoms with Crippen molar-refractivity contribution in [3.63, 3.8) is 0 Å². The van der Waals surface area contributed by atoms with Gasteiger partial charge in [-0.3, -0.25) is 9.36 Å². The maximum atomic E-state index is 14.0. The van der Waals surface area contributed by atoms with Crippen LogP contribution in [0.25, 0.3) is 6.08 Å². The topological polar surface area (TPSA) is 97.6 Å². The van der Waals surface area contributed by atoms with Crippen LogP contribution in [0.2, 0.25) is 10.0 Å². The summed E-state index contributed by atoms with van der Waals surface area (Å²) in [5.74, 6) is 1.59. The number of nitrogens with zero attached hydrogens (tertiary/aromatic N) is 2. The fourth-order valence-corrected chi connectivity index (χ4v) is 6.54. The molecule has 3 aromatic carbocycles. The fourth-order valence-electron chi connectivity index (χ4n) is 5.03. The minimum atomic E-state index is -0.771. The Morgan fingerprint density at radius 1 is 1.09 bits per heavy atom. The SMILES string of the molecule is CCOC(=O)C1=C(C)N=c2sc(=Cc3ccc(OCc4ccc(Cl)cc4Cl)c(OC)c3)c(=O)n2C1c1ccc2c(c1)OCO2. The van der Waals surface area contributed by atoms with E-state index in [2.05, 4.69) is 4.99 Å². The van der Waals surface area contributed by atoms with Crippen LogP contribution in [0.4, 0.5) is 0 Å². The predicted molar refractivity (Wildman–Crippen MR) is 167 cm³/mol. The molecule has 2 aliphatic rings. The van der Waals surface area contributed by atoms with Crippen molar-refractivity contribution in [3.05, 3.63) is 112 Å². The molecule has 1 unspecified atom stereocenters. The summed E-state index contributed by atoms with van der Waals surface area (Å²) in [6, 6.07) is 15.2. The van der Waals surface area contributed by atoms with Gasteiger partial charge in [-0.15, -0.1) is 0 Å². The van der Waals surface area contributed by atoms with E-state index in [0.29, 0.717) is 59.2 Å². The average Bonchev–Trinajstić information content (AvgIpc) is 3.59. The first-order valence-electron chi connectivity index (χ1n) is 13.6. The highest BCUT2D eigenvalue weighted by atomic mass is 35.5. The molecule has 0 N–H and O–H groups in total. The Morgan fingerprint density at radius 2 is 1.91 bits per heavy atom. The summed E-state index contributed by atoms with van der Waals surface area (Å²) in [5, 5.41) is 1.05. The lowest BCUT2D eigenvalue weighted by Crippen LogP contribution is -2.39. The van der Waals surface area contributed by atoms with Crippen LogP contribution >= 0.6 is 34.5 Å². The van der Waals surface area contributed by atoms with Gasteiger partial charge in [0, 0.05) is 15.6 Å². The molecule has 12 heteroatoms. The van der Waals surface area contributed by atoms with Gasteiger partial charge in [-0.2, -0.15) is 0 Å². The molecule has 0 radical (unpaired) electrons. The van der Waals surface area contributed by atoms with Crippen molar-refractivity contribution in [2.45, 2.75) is 26.5 Å². The molecule has 0 amide bonds. The summed E-state index contributed by atoms with van der Waals surface area (Å²) in [5.41, 5.74) is 2.62. The number of esters is 1. The van der Waals surface area contributed by atoms with E-state index in [0.717, 1.165) is 5.56 Å². The fraction of sp³-hybridized carbons (Fsp3) is 0.219. The summed E-state index contributed by atoms with van der Waals surface area (Å²) in [4.78, 5) is 32.2. The van der Waals surface area contributed by atoms with Crippen molar-refractivity contribution in [2.75, 3.05) is 20.5 Å². The van der Waals surface area contributed by atoms with Crippen molar-refractivity contribution in [1.29, 1.82) is 0 Å². The van der Waals surface area contributed by atoms with Gasteiger partial charge in [-0.1, -0.05) is 52.7 Å². The molecule has 1 atom stereocenters. The summed E-state index contributed by atoms with van der Waals surface area (Å²) in [6.45, 7) is 3.97. The molecule has 0 spiro atoms. The molecular formula is C32H26Cl2N2O7S. The van der Waals surface area contributed by atoms with Gasteiger partial charge in [-0.05, 0) is 67.4 Å². The Morgan fingerprint density at radius 3 is 2.68 bits per heavy atom. The van der Waals surface area contributed by atoms with Gasteiger partial charge in [-0.25, -0.2) is 9.79 Å². The van der Waals surface area contributed by atoms with E-state index in [1.807, 2.05) is 12.1 Å². The first kappa shape index (κ1) is 29.8. The van der Waals surface area contributed by atoms with Crippen LogP contribution in [0.15, 0.2) is 75.7 Å². The average molecular weight is 654 g/mol.